The van der Waals surface area contributed by atoms with Crippen molar-refractivity contribution in [1.82, 2.24) is 4.98 Å². The first kappa shape index (κ1) is 18.7. The van der Waals surface area contributed by atoms with Gasteiger partial charge in [0.25, 0.3) is 5.91 Å². The molecule has 0 saturated heterocycles. The zero-order valence-electron chi connectivity index (χ0n) is 14.9. The van der Waals surface area contributed by atoms with E-state index >= 15 is 0 Å². The van der Waals surface area contributed by atoms with Gasteiger partial charge in [-0.25, -0.2) is 9.37 Å². The van der Waals surface area contributed by atoms with E-state index in [0.717, 1.165) is 5.56 Å². The number of rotatable bonds is 5. The summed E-state index contributed by atoms with van der Waals surface area (Å²) in [6.45, 7) is 3.62. The van der Waals surface area contributed by atoms with Crippen LogP contribution in [-0.4, -0.2) is 16.8 Å². The molecule has 1 aromatic heterocycles. The molecule has 0 unspecified atom stereocenters. The van der Waals surface area contributed by atoms with Crippen molar-refractivity contribution in [3.8, 4) is 10.6 Å². The summed E-state index contributed by atoms with van der Waals surface area (Å²) in [7, 11) is 0. The van der Waals surface area contributed by atoms with Crippen molar-refractivity contribution in [1.29, 1.82) is 0 Å². The number of carbonyl (C=O) groups excluding carboxylic acids is 2. The summed E-state index contributed by atoms with van der Waals surface area (Å²) < 4.78 is 13.9. The molecule has 0 spiro atoms. The normalized spacial score (nSPS) is 10.5. The van der Waals surface area contributed by atoms with Gasteiger partial charge in [0.1, 0.15) is 16.5 Å². The maximum atomic E-state index is 13.9. The van der Waals surface area contributed by atoms with Crippen LogP contribution in [0.1, 0.15) is 29.4 Å². The van der Waals surface area contributed by atoms with Gasteiger partial charge in [-0.1, -0.05) is 25.1 Å². The van der Waals surface area contributed by atoms with E-state index in [-0.39, 0.29) is 17.4 Å². The van der Waals surface area contributed by atoms with Crippen LogP contribution in [0.25, 0.3) is 10.6 Å². The molecule has 2 N–H and O–H groups in total. The van der Waals surface area contributed by atoms with E-state index in [1.807, 2.05) is 13.0 Å². The average molecular weight is 383 g/mol. The van der Waals surface area contributed by atoms with Crippen molar-refractivity contribution < 1.29 is 14.0 Å². The van der Waals surface area contributed by atoms with Crippen LogP contribution in [0.2, 0.25) is 0 Å². The number of hydrogen-bond acceptors (Lipinski definition) is 4. The van der Waals surface area contributed by atoms with E-state index in [0.29, 0.717) is 28.4 Å². The Labute approximate surface area is 160 Å². The SMILES string of the molecule is CCC(=O)Nc1ccc(C)c(NC(=O)c2csc(-c3ccccc3F)n2)c1. The van der Waals surface area contributed by atoms with Gasteiger partial charge in [-0.3, -0.25) is 9.59 Å². The topological polar surface area (TPSA) is 71.1 Å². The van der Waals surface area contributed by atoms with E-state index in [1.165, 1.54) is 17.4 Å². The Morgan fingerprint density at radius 2 is 1.93 bits per heavy atom. The molecule has 2 amide bonds. The third-order valence-corrected chi connectivity index (χ3v) is 4.81. The summed E-state index contributed by atoms with van der Waals surface area (Å²) in [6.07, 6.45) is 0.368. The summed E-state index contributed by atoms with van der Waals surface area (Å²) in [6, 6.07) is 11.6. The standard InChI is InChI=1S/C20H18FN3O2S/c1-3-18(25)22-13-9-8-12(2)16(10-13)23-19(26)17-11-27-20(24-17)14-6-4-5-7-15(14)21/h4-11H,3H2,1-2H3,(H,22,25)(H,23,26). The van der Waals surface area contributed by atoms with Crippen molar-refractivity contribution in [2.24, 2.45) is 0 Å². The van der Waals surface area contributed by atoms with Crippen LogP contribution in [0.5, 0.6) is 0 Å². The molecule has 0 saturated carbocycles. The van der Waals surface area contributed by atoms with Crippen molar-refractivity contribution in [2.75, 3.05) is 10.6 Å². The lowest BCUT2D eigenvalue weighted by Crippen LogP contribution is -2.14. The first-order valence-electron chi connectivity index (χ1n) is 8.40. The Hall–Kier alpha value is -3.06. The molecule has 7 heteroatoms. The molecular weight excluding hydrogens is 365 g/mol. The van der Waals surface area contributed by atoms with Crippen molar-refractivity contribution in [3.05, 3.63) is 64.9 Å². The quantitative estimate of drug-likeness (QED) is 0.661. The molecule has 0 aliphatic heterocycles. The fourth-order valence-corrected chi connectivity index (χ4v) is 3.23. The third kappa shape index (κ3) is 4.38. The number of amides is 2. The lowest BCUT2D eigenvalue weighted by molar-refractivity contribution is -0.115. The average Bonchev–Trinajstić information content (AvgIpc) is 3.14. The number of anilines is 2. The second-order valence-electron chi connectivity index (χ2n) is 5.90. The summed E-state index contributed by atoms with van der Waals surface area (Å²) in [5, 5.41) is 7.59. The van der Waals surface area contributed by atoms with Gasteiger partial charge in [-0.15, -0.1) is 11.3 Å². The van der Waals surface area contributed by atoms with Crippen LogP contribution in [0.15, 0.2) is 47.8 Å². The molecule has 0 radical (unpaired) electrons. The highest BCUT2D eigenvalue weighted by Gasteiger charge is 2.15. The molecule has 138 valence electrons. The first-order chi connectivity index (χ1) is 13.0. The largest absolute Gasteiger partial charge is 0.326 e. The molecule has 5 nitrogen and oxygen atoms in total. The van der Waals surface area contributed by atoms with Gasteiger partial charge in [0.2, 0.25) is 5.91 Å². The Balaban J connectivity index is 1.79. The second kappa shape index (κ2) is 8.09. The summed E-state index contributed by atoms with van der Waals surface area (Å²) >= 11 is 1.21. The molecule has 0 aliphatic rings. The van der Waals surface area contributed by atoms with Crippen LogP contribution in [-0.2, 0) is 4.79 Å². The van der Waals surface area contributed by atoms with Crippen LogP contribution < -0.4 is 10.6 Å². The summed E-state index contributed by atoms with van der Waals surface area (Å²) in [5.74, 6) is -0.880. The van der Waals surface area contributed by atoms with E-state index in [2.05, 4.69) is 15.6 Å². The molecule has 0 aliphatic carbocycles. The van der Waals surface area contributed by atoms with Gasteiger partial charge in [-0.2, -0.15) is 0 Å². The van der Waals surface area contributed by atoms with Gasteiger partial charge >= 0.3 is 0 Å². The maximum Gasteiger partial charge on any atom is 0.275 e. The maximum absolute atomic E-state index is 13.9. The van der Waals surface area contributed by atoms with Gasteiger partial charge in [-0.05, 0) is 36.8 Å². The number of carbonyl (C=O) groups is 2. The van der Waals surface area contributed by atoms with E-state index in [4.69, 9.17) is 0 Å². The zero-order valence-corrected chi connectivity index (χ0v) is 15.7. The van der Waals surface area contributed by atoms with Gasteiger partial charge in [0.05, 0.1) is 0 Å². The number of nitrogens with one attached hydrogen (secondary N) is 2. The Kier molecular flexibility index (Phi) is 5.61. The van der Waals surface area contributed by atoms with Gasteiger partial charge < -0.3 is 10.6 Å². The van der Waals surface area contributed by atoms with Gasteiger partial charge in [0.15, 0.2) is 0 Å². The van der Waals surface area contributed by atoms with Crippen molar-refractivity contribution in [3.63, 3.8) is 0 Å². The van der Waals surface area contributed by atoms with Crippen LogP contribution in [0, 0.1) is 12.7 Å². The highest BCUT2D eigenvalue weighted by Crippen LogP contribution is 2.27. The van der Waals surface area contributed by atoms with Crippen molar-refractivity contribution >= 4 is 34.5 Å². The Bertz CT molecular complexity index is 1000. The molecule has 0 atom stereocenters. The third-order valence-electron chi connectivity index (χ3n) is 3.93. The first-order valence-corrected chi connectivity index (χ1v) is 9.28. The Morgan fingerprint density at radius 3 is 2.67 bits per heavy atom. The summed E-state index contributed by atoms with van der Waals surface area (Å²) in [5.41, 5.74) is 2.60. The molecule has 27 heavy (non-hydrogen) atoms. The second-order valence-corrected chi connectivity index (χ2v) is 6.76. The van der Waals surface area contributed by atoms with E-state index in [1.54, 1.807) is 42.6 Å². The van der Waals surface area contributed by atoms with Crippen LogP contribution in [0.3, 0.4) is 0 Å². The molecule has 3 rings (SSSR count). The number of thiazole rings is 1. The molecule has 3 aromatic rings. The predicted octanol–water partition coefficient (Wildman–Crippen LogP) is 4.86. The lowest BCUT2D eigenvalue weighted by atomic mass is 10.1. The number of benzene rings is 2. The fraction of sp³-hybridized carbons (Fsp3) is 0.150. The Morgan fingerprint density at radius 1 is 1.15 bits per heavy atom. The molecule has 2 aromatic carbocycles. The molecular formula is C20H18FN3O2S. The smallest absolute Gasteiger partial charge is 0.275 e. The monoisotopic (exact) mass is 383 g/mol. The van der Waals surface area contributed by atoms with Crippen LogP contribution in [0.4, 0.5) is 15.8 Å². The number of aryl methyl sites for hydroxylation is 1. The van der Waals surface area contributed by atoms with E-state index in [9.17, 15) is 14.0 Å². The minimum Gasteiger partial charge on any atom is -0.326 e. The number of halogens is 1. The number of nitrogens with zero attached hydrogens (tertiary/aromatic N) is 1. The molecule has 0 bridgehead atoms. The van der Waals surface area contributed by atoms with Crippen LogP contribution >= 0.6 is 11.3 Å². The summed E-state index contributed by atoms with van der Waals surface area (Å²) in [4.78, 5) is 28.3. The minimum atomic E-state index is -0.393. The highest BCUT2D eigenvalue weighted by atomic mass is 32.1. The minimum absolute atomic E-state index is 0.106. The zero-order chi connectivity index (χ0) is 19.4. The number of aromatic nitrogens is 1. The molecule has 0 fully saturated rings. The van der Waals surface area contributed by atoms with Crippen molar-refractivity contribution in [2.45, 2.75) is 20.3 Å². The van der Waals surface area contributed by atoms with Gasteiger partial charge in [0, 0.05) is 28.7 Å². The van der Waals surface area contributed by atoms with E-state index < -0.39 is 5.91 Å². The predicted molar refractivity (Wildman–Crippen MR) is 106 cm³/mol. The lowest BCUT2D eigenvalue weighted by Gasteiger charge is -2.10. The molecule has 1 heterocycles. The highest BCUT2D eigenvalue weighted by molar-refractivity contribution is 7.13. The fourth-order valence-electron chi connectivity index (χ4n) is 2.41. The number of hydrogen-bond donors (Lipinski definition) is 2.